The minimum absolute atomic E-state index is 0.0464. The summed E-state index contributed by atoms with van der Waals surface area (Å²) in [6.07, 6.45) is 1.58. The van der Waals surface area contributed by atoms with E-state index in [1.54, 1.807) is 19.3 Å². The summed E-state index contributed by atoms with van der Waals surface area (Å²) in [4.78, 5) is 36.6. The van der Waals surface area contributed by atoms with Gasteiger partial charge in [-0.2, -0.15) is 0 Å². The van der Waals surface area contributed by atoms with Crippen LogP contribution < -0.4 is 11.1 Å². The highest BCUT2D eigenvalue weighted by Gasteiger charge is 2.29. The average Bonchev–Trinajstić information content (AvgIpc) is 3.42. The Morgan fingerprint density at radius 2 is 1.94 bits per heavy atom. The fraction of sp³-hybridized carbons (Fsp3) is 0.350. The number of amides is 2. The van der Waals surface area contributed by atoms with Gasteiger partial charge in [-0.25, -0.2) is 4.79 Å². The second-order valence-corrected chi connectivity index (χ2v) is 7.54. The fourth-order valence-electron chi connectivity index (χ4n) is 3.11. The van der Waals surface area contributed by atoms with Crippen LogP contribution in [0.25, 0.3) is 11.4 Å². The number of aryl methyl sites for hydroxylation is 2. The van der Waals surface area contributed by atoms with Gasteiger partial charge < -0.3 is 23.9 Å². The van der Waals surface area contributed by atoms with Crippen LogP contribution >= 0.6 is 11.8 Å². The highest BCUT2D eigenvalue weighted by Crippen LogP contribution is 2.29. The van der Waals surface area contributed by atoms with Gasteiger partial charge in [0.05, 0.1) is 24.2 Å². The number of carbonyl (C=O) groups excluding carboxylic acids is 3. The molecule has 0 bridgehead atoms. The largest absolute Gasteiger partial charge is 0.469 e. The van der Waals surface area contributed by atoms with Crippen molar-refractivity contribution in [3.05, 3.63) is 35.0 Å². The zero-order valence-corrected chi connectivity index (χ0v) is 18.9. The highest BCUT2D eigenvalue weighted by atomic mass is 32.2. The second kappa shape index (κ2) is 9.73. The number of hydrogen-bond donors (Lipinski definition) is 2. The van der Waals surface area contributed by atoms with Gasteiger partial charge in [-0.05, 0) is 33.8 Å². The topological polar surface area (TPSA) is 155 Å². The lowest BCUT2D eigenvalue weighted by Crippen LogP contribution is -2.21. The molecule has 3 rings (SSSR count). The third-order valence-corrected chi connectivity index (χ3v) is 5.50. The van der Waals surface area contributed by atoms with Gasteiger partial charge >= 0.3 is 5.97 Å². The molecule has 0 aliphatic heterocycles. The minimum Gasteiger partial charge on any atom is -0.469 e. The number of hydrogen-bond acceptors (Lipinski definition) is 9. The van der Waals surface area contributed by atoms with Crippen molar-refractivity contribution in [2.45, 2.75) is 39.4 Å². The molecule has 0 aromatic carbocycles. The highest BCUT2D eigenvalue weighted by molar-refractivity contribution is 7.99. The first kappa shape index (κ1) is 23.1. The molecule has 0 fully saturated rings. The third kappa shape index (κ3) is 4.54. The Bertz CT molecular complexity index is 1160. The van der Waals surface area contributed by atoms with E-state index >= 15 is 0 Å². The molecule has 0 saturated heterocycles. The van der Waals surface area contributed by atoms with Crippen molar-refractivity contribution in [2.75, 3.05) is 17.7 Å². The molecule has 3 N–H and O–H groups in total. The summed E-state index contributed by atoms with van der Waals surface area (Å²) >= 11 is 1.16. The van der Waals surface area contributed by atoms with E-state index in [9.17, 15) is 14.4 Å². The van der Waals surface area contributed by atoms with Crippen molar-refractivity contribution in [1.29, 1.82) is 0 Å². The predicted octanol–water partition coefficient (Wildman–Crippen LogP) is 2.77. The van der Waals surface area contributed by atoms with E-state index in [0.29, 0.717) is 23.3 Å². The number of primary amides is 1. The van der Waals surface area contributed by atoms with Crippen molar-refractivity contribution in [1.82, 2.24) is 14.8 Å². The number of nitrogens with one attached hydrogen (secondary N) is 1. The number of anilines is 1. The monoisotopic (exact) mass is 461 g/mol. The third-order valence-electron chi connectivity index (χ3n) is 4.53. The second-order valence-electron chi connectivity index (χ2n) is 6.60. The molecule has 0 spiro atoms. The fourth-order valence-corrected chi connectivity index (χ4v) is 3.91. The van der Waals surface area contributed by atoms with Crippen LogP contribution in [-0.2, 0) is 16.1 Å². The number of thioether (sulfide) groups is 1. The maximum atomic E-state index is 12.5. The smallest absolute Gasteiger partial charge is 0.342 e. The molecule has 3 aromatic heterocycles. The number of aromatic nitrogens is 3. The molecule has 32 heavy (non-hydrogen) atoms. The Hall–Kier alpha value is -3.54. The van der Waals surface area contributed by atoms with Gasteiger partial charge in [-0.3, -0.25) is 14.9 Å². The van der Waals surface area contributed by atoms with E-state index < -0.39 is 17.8 Å². The first-order valence-electron chi connectivity index (χ1n) is 9.79. The summed E-state index contributed by atoms with van der Waals surface area (Å²) in [5.74, 6) is -0.928. The predicted molar refractivity (Wildman–Crippen MR) is 115 cm³/mol. The lowest BCUT2D eigenvalue weighted by molar-refractivity contribution is -0.113. The standard InChI is InChI=1S/C20H23N5O6S/c1-5-25-17(12-7-8-30-10(12)3)23-24-20(25)32-9-13(26)22-18-15(16(21)27)14(11(4)31-18)19(28)29-6-2/h7-8H,5-6,9H2,1-4H3,(H2,21,27)(H,22,26). The van der Waals surface area contributed by atoms with Gasteiger partial charge in [0.2, 0.25) is 11.8 Å². The summed E-state index contributed by atoms with van der Waals surface area (Å²) in [5.41, 5.74) is 5.90. The number of carbonyl (C=O) groups is 3. The van der Waals surface area contributed by atoms with Gasteiger partial charge in [0.1, 0.15) is 22.6 Å². The van der Waals surface area contributed by atoms with E-state index in [1.807, 2.05) is 18.4 Å². The van der Waals surface area contributed by atoms with Crippen molar-refractivity contribution in [2.24, 2.45) is 5.73 Å². The van der Waals surface area contributed by atoms with Crippen LogP contribution in [0.15, 0.2) is 26.3 Å². The lowest BCUT2D eigenvalue weighted by Gasteiger charge is -2.07. The molecule has 3 aromatic rings. The number of nitrogens with two attached hydrogens (primary N) is 1. The van der Waals surface area contributed by atoms with Crippen LogP contribution in [0.1, 0.15) is 46.1 Å². The molecule has 0 aliphatic carbocycles. The number of furan rings is 2. The van der Waals surface area contributed by atoms with Gasteiger partial charge in [-0.15, -0.1) is 10.2 Å². The molecule has 0 atom stereocenters. The first-order valence-corrected chi connectivity index (χ1v) is 10.8. The number of esters is 1. The molecule has 3 heterocycles. The summed E-state index contributed by atoms with van der Waals surface area (Å²) in [6.45, 7) is 7.57. The van der Waals surface area contributed by atoms with Crippen LogP contribution in [0, 0.1) is 13.8 Å². The molecule has 0 unspecified atom stereocenters. The van der Waals surface area contributed by atoms with Crippen molar-refractivity contribution < 1.29 is 28.0 Å². The Morgan fingerprint density at radius 3 is 2.53 bits per heavy atom. The Balaban J connectivity index is 1.76. The van der Waals surface area contributed by atoms with Gasteiger partial charge in [0, 0.05) is 6.54 Å². The Labute approximate surface area is 187 Å². The molecule has 0 aliphatic rings. The van der Waals surface area contributed by atoms with Crippen LogP contribution in [-0.4, -0.2) is 44.9 Å². The lowest BCUT2D eigenvalue weighted by atomic mass is 10.1. The Morgan fingerprint density at radius 1 is 1.19 bits per heavy atom. The number of ether oxygens (including phenoxy) is 1. The minimum atomic E-state index is -0.918. The normalized spacial score (nSPS) is 10.9. The average molecular weight is 462 g/mol. The molecule has 170 valence electrons. The van der Waals surface area contributed by atoms with Crippen molar-refractivity contribution in [3.8, 4) is 11.4 Å². The van der Waals surface area contributed by atoms with Crippen molar-refractivity contribution in [3.63, 3.8) is 0 Å². The zero-order valence-electron chi connectivity index (χ0n) is 18.1. The van der Waals surface area contributed by atoms with Crippen molar-refractivity contribution >= 4 is 35.4 Å². The summed E-state index contributed by atoms with van der Waals surface area (Å²) in [5, 5.41) is 11.4. The molecule has 11 nitrogen and oxygen atoms in total. The van der Waals surface area contributed by atoms with E-state index in [2.05, 4.69) is 15.5 Å². The van der Waals surface area contributed by atoms with E-state index in [0.717, 1.165) is 17.3 Å². The molecule has 0 radical (unpaired) electrons. The molecule has 12 heteroatoms. The molecular weight excluding hydrogens is 438 g/mol. The zero-order chi connectivity index (χ0) is 23.4. The van der Waals surface area contributed by atoms with E-state index in [4.69, 9.17) is 19.3 Å². The van der Waals surface area contributed by atoms with E-state index in [-0.39, 0.29) is 35.1 Å². The van der Waals surface area contributed by atoms with Gasteiger partial charge in [-0.1, -0.05) is 11.8 Å². The summed E-state index contributed by atoms with van der Waals surface area (Å²) in [6, 6.07) is 1.80. The van der Waals surface area contributed by atoms with Crippen LogP contribution in [0.5, 0.6) is 0 Å². The molecule has 0 saturated carbocycles. The maximum absolute atomic E-state index is 12.5. The van der Waals surface area contributed by atoms with Gasteiger partial charge in [0.15, 0.2) is 11.0 Å². The summed E-state index contributed by atoms with van der Waals surface area (Å²) < 4.78 is 17.6. The SMILES string of the molecule is CCOC(=O)c1c(C)oc(NC(=O)CSc2nnc(-c3ccoc3C)n2CC)c1C(N)=O. The number of rotatable bonds is 9. The molecule has 2 amide bonds. The van der Waals surface area contributed by atoms with Gasteiger partial charge in [0.25, 0.3) is 5.91 Å². The quantitative estimate of drug-likeness (QED) is 0.361. The van der Waals surface area contributed by atoms with E-state index in [1.165, 1.54) is 6.92 Å². The molecular formula is C20H23N5O6S. The van der Waals surface area contributed by atoms with Crippen LogP contribution in [0.2, 0.25) is 0 Å². The van der Waals surface area contributed by atoms with Crippen LogP contribution in [0.3, 0.4) is 0 Å². The van der Waals surface area contributed by atoms with Crippen LogP contribution in [0.4, 0.5) is 5.88 Å². The number of nitrogens with zero attached hydrogens (tertiary/aromatic N) is 3. The summed E-state index contributed by atoms with van der Waals surface area (Å²) in [7, 11) is 0. The maximum Gasteiger partial charge on any atom is 0.342 e. The first-order chi connectivity index (χ1) is 15.3. The Kier molecular flexibility index (Phi) is 7.03.